The number of nitrogens with one attached hydrogen (secondary N) is 1. The lowest BCUT2D eigenvalue weighted by atomic mass is 9.88. The zero-order valence-corrected chi connectivity index (χ0v) is 22.0. The van der Waals surface area contributed by atoms with Gasteiger partial charge in [-0.1, -0.05) is 12.1 Å². The molecule has 2 saturated heterocycles. The van der Waals surface area contributed by atoms with Gasteiger partial charge in [0.05, 0.1) is 35.4 Å². The number of anilines is 1. The Labute approximate surface area is 217 Å². The topological polar surface area (TPSA) is 109 Å². The Bertz CT molecular complexity index is 1380. The number of primary amides is 1. The lowest BCUT2D eigenvalue weighted by Gasteiger charge is -2.34. The first-order valence-electron chi connectivity index (χ1n) is 12.3. The van der Waals surface area contributed by atoms with Crippen LogP contribution in [0.1, 0.15) is 41.6 Å². The van der Waals surface area contributed by atoms with Crippen molar-refractivity contribution in [1.29, 1.82) is 0 Å². The van der Waals surface area contributed by atoms with E-state index in [1.165, 1.54) is 0 Å². The van der Waals surface area contributed by atoms with Crippen LogP contribution in [0.5, 0.6) is 0 Å². The smallest absolute Gasteiger partial charge is 0.250 e. The Balaban J connectivity index is 1.51. The number of piperidine rings is 1. The number of aromatic amines is 1. The second-order valence-corrected chi connectivity index (χ2v) is 12.3. The first-order valence-corrected chi connectivity index (χ1v) is 14.5. The van der Waals surface area contributed by atoms with Gasteiger partial charge in [-0.05, 0) is 66.6 Å². The van der Waals surface area contributed by atoms with Crippen LogP contribution in [0.4, 0.5) is 5.69 Å². The Hall–Kier alpha value is -2.53. The average Bonchev–Trinajstić information content (AvgIpc) is 3.32. The first kappa shape index (κ1) is 25.1. The van der Waals surface area contributed by atoms with Crippen LogP contribution < -0.4 is 10.6 Å². The summed E-state index contributed by atoms with van der Waals surface area (Å²) < 4.78 is 31.7. The summed E-state index contributed by atoms with van der Waals surface area (Å²) in [4.78, 5) is 17.9. The Morgan fingerprint density at radius 3 is 2.64 bits per heavy atom. The molecule has 5 rings (SSSR count). The molecule has 36 heavy (non-hydrogen) atoms. The van der Waals surface area contributed by atoms with Crippen molar-refractivity contribution < 1.29 is 17.9 Å². The number of aromatic nitrogens is 1. The van der Waals surface area contributed by atoms with Crippen molar-refractivity contribution in [3.8, 4) is 11.1 Å². The van der Waals surface area contributed by atoms with Gasteiger partial charge in [0.1, 0.15) is 0 Å². The summed E-state index contributed by atoms with van der Waals surface area (Å²) in [7, 11) is -3.19. The highest BCUT2D eigenvalue weighted by Crippen LogP contribution is 2.38. The lowest BCUT2D eigenvalue weighted by Crippen LogP contribution is -2.42. The molecule has 192 valence electrons. The molecule has 3 aromatic rings. The standard InChI is InChI=1S/C26H32N4O4S2/c1-2-36(32,33)29-8-6-17(7-9-29)23-15-28-25-21(23)13-19(14-22(25)26(27)31)18-4-3-5-20(12-18)30-10-11-34-16-24(30)35/h3-5,12-15,17,24,28,35H,2,6-11,16H2,1H3,(H2,27,31). The molecule has 1 aromatic heterocycles. The monoisotopic (exact) mass is 528 g/mol. The van der Waals surface area contributed by atoms with Gasteiger partial charge in [-0.25, -0.2) is 12.7 Å². The van der Waals surface area contributed by atoms with E-state index in [-0.39, 0.29) is 17.0 Å². The van der Waals surface area contributed by atoms with E-state index in [0.717, 1.165) is 52.7 Å². The number of nitrogens with two attached hydrogens (primary N) is 1. The van der Waals surface area contributed by atoms with Crippen molar-refractivity contribution >= 4 is 45.1 Å². The number of carbonyl (C=O) groups is 1. The molecule has 3 N–H and O–H groups in total. The fourth-order valence-electron chi connectivity index (χ4n) is 5.34. The zero-order valence-electron chi connectivity index (χ0n) is 20.3. The molecule has 2 fully saturated rings. The predicted molar refractivity (Wildman–Crippen MR) is 146 cm³/mol. The van der Waals surface area contributed by atoms with Crippen LogP contribution >= 0.6 is 12.6 Å². The van der Waals surface area contributed by atoms with Gasteiger partial charge in [-0.3, -0.25) is 4.79 Å². The number of fused-ring (bicyclic) bond motifs is 1. The van der Waals surface area contributed by atoms with Gasteiger partial charge in [-0.2, -0.15) is 12.6 Å². The molecule has 8 nitrogen and oxygen atoms in total. The molecule has 0 aliphatic carbocycles. The highest BCUT2D eigenvalue weighted by atomic mass is 32.2. The Morgan fingerprint density at radius 1 is 1.17 bits per heavy atom. The van der Waals surface area contributed by atoms with Crippen LogP contribution in [0.3, 0.4) is 0 Å². The maximum Gasteiger partial charge on any atom is 0.250 e. The van der Waals surface area contributed by atoms with Gasteiger partial charge in [0, 0.05) is 36.9 Å². The van der Waals surface area contributed by atoms with Crippen LogP contribution in [0, 0.1) is 0 Å². The minimum Gasteiger partial charge on any atom is -0.377 e. The number of hydrogen-bond acceptors (Lipinski definition) is 6. The minimum atomic E-state index is -3.19. The fraction of sp³-hybridized carbons (Fsp3) is 0.423. The molecular weight excluding hydrogens is 496 g/mol. The highest BCUT2D eigenvalue weighted by Gasteiger charge is 2.29. The molecule has 0 saturated carbocycles. The number of hydrogen-bond donors (Lipinski definition) is 3. The number of benzene rings is 2. The molecule has 3 heterocycles. The number of sulfonamides is 1. The number of thiol groups is 1. The minimum absolute atomic E-state index is 0.0173. The largest absolute Gasteiger partial charge is 0.377 e. The average molecular weight is 529 g/mol. The van der Waals surface area contributed by atoms with Crippen molar-refractivity contribution in [1.82, 2.24) is 9.29 Å². The molecule has 1 unspecified atom stereocenters. The molecule has 2 aliphatic heterocycles. The summed E-state index contributed by atoms with van der Waals surface area (Å²) in [6.45, 7) is 4.67. The van der Waals surface area contributed by atoms with Gasteiger partial charge in [0.2, 0.25) is 10.0 Å². The summed E-state index contributed by atoms with van der Waals surface area (Å²) in [5.74, 6) is -0.172. The molecule has 2 aliphatic rings. The van der Waals surface area contributed by atoms with Gasteiger partial charge in [0.15, 0.2) is 0 Å². The molecule has 0 radical (unpaired) electrons. The molecule has 1 amide bonds. The number of nitrogens with zero attached hydrogens (tertiary/aromatic N) is 2. The fourth-order valence-corrected chi connectivity index (χ4v) is 6.82. The van der Waals surface area contributed by atoms with E-state index < -0.39 is 15.9 Å². The summed E-state index contributed by atoms with van der Waals surface area (Å²) in [5, 5.41) is 0.943. The molecule has 10 heteroatoms. The molecule has 2 aromatic carbocycles. The van der Waals surface area contributed by atoms with Crippen LogP contribution in [-0.4, -0.2) is 67.6 Å². The van der Waals surface area contributed by atoms with Crippen molar-refractivity contribution in [2.45, 2.75) is 31.1 Å². The number of H-pyrrole nitrogens is 1. The van der Waals surface area contributed by atoms with Gasteiger partial charge in [-0.15, -0.1) is 0 Å². The van der Waals surface area contributed by atoms with Crippen LogP contribution in [-0.2, 0) is 14.8 Å². The van der Waals surface area contributed by atoms with E-state index in [4.69, 9.17) is 10.5 Å². The van der Waals surface area contributed by atoms with E-state index in [2.05, 4.69) is 40.7 Å². The highest BCUT2D eigenvalue weighted by molar-refractivity contribution is 7.89. The predicted octanol–water partition coefficient (Wildman–Crippen LogP) is 3.56. The number of rotatable bonds is 6. The van der Waals surface area contributed by atoms with Gasteiger partial charge < -0.3 is 20.4 Å². The first-order chi connectivity index (χ1) is 17.3. The third kappa shape index (κ3) is 4.74. The normalized spacial score (nSPS) is 20.2. The van der Waals surface area contributed by atoms with Crippen LogP contribution in [0.25, 0.3) is 22.0 Å². The second kappa shape index (κ2) is 10.1. The SMILES string of the molecule is CCS(=O)(=O)N1CCC(c2c[nH]c3c(C(N)=O)cc(-c4cccc(N5CCOCC5S)c4)cc23)CC1. The third-order valence-corrected chi connectivity index (χ3v) is 9.66. The van der Waals surface area contributed by atoms with Crippen molar-refractivity contribution in [2.24, 2.45) is 5.73 Å². The summed E-state index contributed by atoms with van der Waals surface area (Å²) >= 11 is 4.67. The summed E-state index contributed by atoms with van der Waals surface area (Å²) in [6, 6.07) is 12.2. The zero-order chi connectivity index (χ0) is 25.4. The number of amides is 1. The molecular formula is C26H32N4O4S2. The maximum atomic E-state index is 12.4. The number of morpholine rings is 1. The second-order valence-electron chi connectivity index (χ2n) is 9.43. The van der Waals surface area contributed by atoms with Gasteiger partial charge >= 0.3 is 0 Å². The van der Waals surface area contributed by atoms with E-state index in [0.29, 0.717) is 31.9 Å². The quantitative estimate of drug-likeness (QED) is 0.424. The lowest BCUT2D eigenvalue weighted by molar-refractivity contribution is 0.100. The van der Waals surface area contributed by atoms with E-state index >= 15 is 0 Å². The maximum absolute atomic E-state index is 12.4. The summed E-state index contributed by atoms with van der Waals surface area (Å²) in [5.41, 5.74) is 11.0. The van der Waals surface area contributed by atoms with Crippen molar-refractivity contribution in [3.63, 3.8) is 0 Å². The van der Waals surface area contributed by atoms with Gasteiger partial charge in [0.25, 0.3) is 5.91 Å². The number of ether oxygens (including phenoxy) is 1. The van der Waals surface area contributed by atoms with Crippen molar-refractivity contribution in [2.75, 3.05) is 43.5 Å². The third-order valence-electron chi connectivity index (χ3n) is 7.35. The molecule has 0 bridgehead atoms. The summed E-state index contributed by atoms with van der Waals surface area (Å²) in [6.07, 6.45) is 3.42. The number of carbonyl (C=O) groups excluding carboxylic acids is 1. The molecule has 0 spiro atoms. The van der Waals surface area contributed by atoms with Crippen LogP contribution in [0.15, 0.2) is 42.6 Å². The van der Waals surface area contributed by atoms with Crippen molar-refractivity contribution in [3.05, 3.63) is 53.7 Å². The van der Waals surface area contributed by atoms with Crippen LogP contribution in [0.2, 0.25) is 0 Å². The Kier molecular flexibility index (Phi) is 7.04. The van der Waals surface area contributed by atoms with E-state index in [9.17, 15) is 13.2 Å². The van der Waals surface area contributed by atoms with E-state index in [1.807, 2.05) is 24.4 Å². The van der Waals surface area contributed by atoms with E-state index in [1.54, 1.807) is 11.2 Å². The Morgan fingerprint density at radius 2 is 1.94 bits per heavy atom. The molecule has 1 atom stereocenters.